The first-order valence-electron chi connectivity index (χ1n) is 8.60. The van der Waals surface area contributed by atoms with Gasteiger partial charge in [0.25, 0.3) is 0 Å². The molecule has 0 unspecified atom stereocenters. The summed E-state index contributed by atoms with van der Waals surface area (Å²) in [6.45, 7) is 2.31. The lowest BCUT2D eigenvalue weighted by atomic mass is 9.96. The third kappa shape index (κ3) is 3.72. The Morgan fingerprint density at radius 1 is 1.26 bits per heavy atom. The number of carbonyl (C=O) groups is 1. The number of aromatic nitrogens is 1. The van der Waals surface area contributed by atoms with Gasteiger partial charge in [-0.1, -0.05) is 0 Å². The molecule has 0 bridgehead atoms. The molecule has 1 amide bonds. The van der Waals surface area contributed by atoms with Gasteiger partial charge in [0.2, 0.25) is 5.91 Å². The molecule has 1 aromatic heterocycles. The molecule has 0 aromatic carbocycles. The summed E-state index contributed by atoms with van der Waals surface area (Å²) in [6.07, 6.45) is 7.35. The van der Waals surface area contributed by atoms with Crippen LogP contribution >= 0.6 is 0 Å². The molecule has 5 nitrogen and oxygen atoms in total. The molecule has 1 aromatic rings. The highest BCUT2D eigenvalue weighted by atomic mass is 16.5. The molecule has 0 aliphatic carbocycles. The molecule has 3 rings (SSSR count). The van der Waals surface area contributed by atoms with Gasteiger partial charge in [-0.05, 0) is 57.5 Å². The maximum Gasteiger partial charge on any atom is 0.226 e. The molecule has 2 atom stereocenters. The van der Waals surface area contributed by atoms with Gasteiger partial charge in [-0.15, -0.1) is 0 Å². The number of rotatable bonds is 4. The number of carbonyl (C=O) groups excluding carboxylic acids is 1. The Hall–Kier alpha value is -1.46. The number of amides is 1. The van der Waals surface area contributed by atoms with Crippen molar-refractivity contribution < 1.29 is 9.53 Å². The van der Waals surface area contributed by atoms with E-state index in [2.05, 4.69) is 41.0 Å². The van der Waals surface area contributed by atoms with Crippen LogP contribution in [-0.4, -0.2) is 66.6 Å². The van der Waals surface area contributed by atoms with Gasteiger partial charge in [-0.2, -0.15) is 0 Å². The van der Waals surface area contributed by atoms with E-state index in [-0.39, 0.29) is 12.0 Å². The summed E-state index contributed by atoms with van der Waals surface area (Å²) in [5.74, 6) is 0.473. The van der Waals surface area contributed by atoms with Crippen molar-refractivity contribution in [3.63, 3.8) is 0 Å². The summed E-state index contributed by atoms with van der Waals surface area (Å²) in [6, 6.07) is 4.79. The highest BCUT2D eigenvalue weighted by molar-refractivity contribution is 5.79. The van der Waals surface area contributed by atoms with E-state index in [4.69, 9.17) is 4.74 Å². The number of hydrogen-bond acceptors (Lipinski definition) is 4. The van der Waals surface area contributed by atoms with Crippen LogP contribution in [0, 0.1) is 5.92 Å². The summed E-state index contributed by atoms with van der Waals surface area (Å²) in [7, 11) is 4.24. The average Bonchev–Trinajstić information content (AvgIpc) is 2.99. The van der Waals surface area contributed by atoms with Gasteiger partial charge in [0.1, 0.15) is 0 Å². The molecule has 2 aliphatic heterocycles. The molecular weight excluding hydrogens is 290 g/mol. The minimum atomic E-state index is 0.143. The summed E-state index contributed by atoms with van der Waals surface area (Å²) in [5, 5.41) is 0. The molecule has 2 fully saturated rings. The van der Waals surface area contributed by atoms with Crippen LogP contribution in [0.4, 0.5) is 0 Å². The van der Waals surface area contributed by atoms with E-state index in [0.717, 1.165) is 45.4 Å². The molecular formula is C18H27N3O2. The zero-order valence-corrected chi connectivity index (χ0v) is 14.1. The van der Waals surface area contributed by atoms with Crippen LogP contribution in [0.5, 0.6) is 0 Å². The fraction of sp³-hybridized carbons (Fsp3) is 0.667. The van der Waals surface area contributed by atoms with E-state index in [1.807, 2.05) is 12.4 Å². The number of likely N-dealkylation sites (N-methyl/N-ethyl adjacent to an activating group) is 1. The van der Waals surface area contributed by atoms with Crippen molar-refractivity contribution in [2.24, 2.45) is 5.92 Å². The first-order valence-corrected chi connectivity index (χ1v) is 8.60. The Kier molecular flexibility index (Phi) is 5.28. The van der Waals surface area contributed by atoms with E-state index in [0.29, 0.717) is 11.9 Å². The van der Waals surface area contributed by atoms with Crippen molar-refractivity contribution in [3.8, 4) is 0 Å². The second kappa shape index (κ2) is 7.41. The lowest BCUT2D eigenvalue weighted by Gasteiger charge is -2.34. The SMILES string of the molecule is CN(C)[C@@H]1CCN(C(=O)C2CCOCC2)[C@H]1Cc1ccncc1. The minimum absolute atomic E-state index is 0.143. The molecule has 23 heavy (non-hydrogen) atoms. The fourth-order valence-electron chi connectivity index (χ4n) is 3.90. The van der Waals surface area contributed by atoms with E-state index in [9.17, 15) is 4.79 Å². The van der Waals surface area contributed by atoms with Crippen molar-refractivity contribution in [3.05, 3.63) is 30.1 Å². The van der Waals surface area contributed by atoms with Crippen LogP contribution in [0.3, 0.4) is 0 Å². The maximum atomic E-state index is 13.0. The molecule has 3 heterocycles. The molecule has 0 N–H and O–H groups in total. The zero-order chi connectivity index (χ0) is 16.2. The maximum absolute atomic E-state index is 13.0. The molecule has 5 heteroatoms. The van der Waals surface area contributed by atoms with Crippen LogP contribution < -0.4 is 0 Å². The predicted molar refractivity (Wildman–Crippen MR) is 89.1 cm³/mol. The molecule has 2 aliphatic rings. The van der Waals surface area contributed by atoms with Gasteiger partial charge >= 0.3 is 0 Å². The number of nitrogens with zero attached hydrogens (tertiary/aromatic N) is 3. The van der Waals surface area contributed by atoms with Crippen molar-refractivity contribution in [2.45, 2.75) is 37.8 Å². The molecule has 0 saturated carbocycles. The van der Waals surface area contributed by atoms with Crippen LogP contribution in [0.2, 0.25) is 0 Å². The molecule has 0 radical (unpaired) electrons. The minimum Gasteiger partial charge on any atom is -0.381 e. The molecule has 126 valence electrons. The smallest absolute Gasteiger partial charge is 0.226 e. The van der Waals surface area contributed by atoms with Crippen LogP contribution in [0.25, 0.3) is 0 Å². The summed E-state index contributed by atoms with van der Waals surface area (Å²) >= 11 is 0. The third-order valence-electron chi connectivity index (χ3n) is 5.22. The average molecular weight is 317 g/mol. The van der Waals surface area contributed by atoms with Crippen LogP contribution in [0.1, 0.15) is 24.8 Å². The lowest BCUT2D eigenvalue weighted by molar-refractivity contribution is -0.139. The quantitative estimate of drug-likeness (QED) is 0.846. The van der Waals surface area contributed by atoms with Gasteiger partial charge in [-0.25, -0.2) is 0 Å². The second-order valence-corrected chi connectivity index (χ2v) is 6.86. The summed E-state index contributed by atoms with van der Waals surface area (Å²) in [4.78, 5) is 21.5. The predicted octanol–water partition coefficient (Wildman–Crippen LogP) is 1.58. The van der Waals surface area contributed by atoms with E-state index < -0.39 is 0 Å². The lowest BCUT2D eigenvalue weighted by Crippen LogP contribution is -2.48. The monoisotopic (exact) mass is 317 g/mol. The van der Waals surface area contributed by atoms with Gasteiger partial charge < -0.3 is 14.5 Å². The number of likely N-dealkylation sites (tertiary alicyclic amines) is 1. The molecule has 0 spiro atoms. The Labute approximate surface area is 138 Å². The number of hydrogen-bond donors (Lipinski definition) is 0. The Morgan fingerprint density at radius 2 is 1.96 bits per heavy atom. The summed E-state index contributed by atoms with van der Waals surface area (Å²) < 4.78 is 5.41. The first kappa shape index (κ1) is 16.4. The molecule has 2 saturated heterocycles. The zero-order valence-electron chi connectivity index (χ0n) is 14.1. The van der Waals surface area contributed by atoms with E-state index in [1.54, 1.807) is 0 Å². The largest absolute Gasteiger partial charge is 0.381 e. The Bertz CT molecular complexity index is 514. The highest BCUT2D eigenvalue weighted by Crippen LogP contribution is 2.28. The standard InChI is InChI=1S/C18H27N3O2/c1-20(2)16-5-10-21(18(22)15-6-11-23-12-7-15)17(16)13-14-3-8-19-9-4-14/h3-4,8-9,15-17H,5-7,10-13H2,1-2H3/t16-,17+/m1/s1. The van der Waals surface area contributed by atoms with Crippen molar-refractivity contribution in [2.75, 3.05) is 33.9 Å². The number of ether oxygens (including phenoxy) is 1. The fourth-order valence-corrected chi connectivity index (χ4v) is 3.90. The highest BCUT2D eigenvalue weighted by Gasteiger charge is 2.40. The van der Waals surface area contributed by atoms with Gasteiger partial charge in [0.05, 0.1) is 6.04 Å². The Balaban J connectivity index is 1.75. The topological polar surface area (TPSA) is 45.7 Å². The first-order chi connectivity index (χ1) is 11.2. The van der Waals surface area contributed by atoms with Crippen LogP contribution in [0.15, 0.2) is 24.5 Å². The van der Waals surface area contributed by atoms with Crippen molar-refractivity contribution >= 4 is 5.91 Å². The van der Waals surface area contributed by atoms with Gasteiger partial charge in [0, 0.05) is 44.1 Å². The normalized spacial score (nSPS) is 26.0. The Morgan fingerprint density at radius 3 is 2.61 bits per heavy atom. The van der Waals surface area contributed by atoms with E-state index in [1.165, 1.54) is 5.56 Å². The second-order valence-electron chi connectivity index (χ2n) is 6.86. The van der Waals surface area contributed by atoms with Crippen molar-refractivity contribution in [1.29, 1.82) is 0 Å². The van der Waals surface area contributed by atoms with E-state index >= 15 is 0 Å². The van der Waals surface area contributed by atoms with Gasteiger partial charge in [0.15, 0.2) is 0 Å². The summed E-state index contributed by atoms with van der Waals surface area (Å²) in [5.41, 5.74) is 1.25. The van der Waals surface area contributed by atoms with Gasteiger partial charge in [-0.3, -0.25) is 9.78 Å². The number of pyridine rings is 1. The van der Waals surface area contributed by atoms with Crippen LogP contribution in [-0.2, 0) is 16.0 Å². The van der Waals surface area contributed by atoms with Crippen molar-refractivity contribution in [1.82, 2.24) is 14.8 Å². The third-order valence-corrected chi connectivity index (χ3v) is 5.22.